The van der Waals surface area contributed by atoms with E-state index in [9.17, 15) is 9.59 Å². The van der Waals surface area contributed by atoms with E-state index in [-0.39, 0.29) is 11.8 Å². The van der Waals surface area contributed by atoms with E-state index in [1.165, 1.54) is 0 Å². The van der Waals surface area contributed by atoms with E-state index in [1.807, 2.05) is 6.92 Å². The molecule has 3 heteroatoms. The summed E-state index contributed by atoms with van der Waals surface area (Å²) in [6.45, 7) is 5.65. The maximum Gasteiger partial charge on any atom is 0.316 e. The molecule has 0 radical (unpaired) electrons. The Balaban J connectivity index is 4.14. The van der Waals surface area contributed by atoms with E-state index < -0.39 is 5.92 Å². The molecule has 0 saturated carbocycles. The van der Waals surface area contributed by atoms with Crippen molar-refractivity contribution in [2.75, 3.05) is 6.61 Å². The Hall–Kier alpha value is -0.860. The second-order valence-corrected chi connectivity index (χ2v) is 2.53. The van der Waals surface area contributed by atoms with Crippen LogP contribution in [0, 0.1) is 5.92 Å². The smallest absolute Gasteiger partial charge is 0.316 e. The minimum absolute atomic E-state index is 0.0315. The summed E-state index contributed by atoms with van der Waals surface area (Å²) < 4.78 is 4.76. The second kappa shape index (κ2) is 5.75. The van der Waals surface area contributed by atoms with E-state index in [1.54, 1.807) is 13.8 Å². The van der Waals surface area contributed by atoms with Gasteiger partial charge in [0.25, 0.3) is 0 Å². The normalized spacial score (nSPS) is 12.2. The zero-order valence-electron chi connectivity index (χ0n) is 7.92. The Bertz CT molecular complexity index is 163. The number of carbonyl (C=O) groups is 2. The fourth-order valence-corrected chi connectivity index (χ4v) is 1.02. The number of Topliss-reactive ketones (excluding diaryl/α,β-unsaturated/α-hetero) is 1. The molecule has 0 aromatic rings. The molecule has 0 aromatic carbocycles. The summed E-state index contributed by atoms with van der Waals surface area (Å²) >= 11 is 0. The van der Waals surface area contributed by atoms with Crippen molar-refractivity contribution < 1.29 is 14.3 Å². The van der Waals surface area contributed by atoms with E-state index >= 15 is 0 Å². The lowest BCUT2D eigenvalue weighted by Gasteiger charge is -2.10. The molecule has 0 heterocycles. The van der Waals surface area contributed by atoms with Crippen molar-refractivity contribution in [2.45, 2.75) is 33.6 Å². The predicted molar refractivity (Wildman–Crippen MR) is 45.7 cm³/mol. The molecule has 0 aromatic heterocycles. The molecule has 0 fully saturated rings. The van der Waals surface area contributed by atoms with Crippen molar-refractivity contribution in [2.24, 2.45) is 5.92 Å². The highest BCUT2D eigenvalue weighted by Gasteiger charge is 2.23. The molecule has 0 unspecified atom stereocenters. The van der Waals surface area contributed by atoms with Gasteiger partial charge in [0, 0.05) is 6.42 Å². The van der Waals surface area contributed by atoms with Crippen LogP contribution in [0.25, 0.3) is 0 Å². The third-order valence-electron chi connectivity index (χ3n) is 1.72. The summed E-state index contributed by atoms with van der Waals surface area (Å²) in [5, 5.41) is 0. The number of esters is 1. The number of hydrogen-bond donors (Lipinski definition) is 0. The molecule has 3 nitrogen and oxygen atoms in total. The van der Waals surface area contributed by atoms with E-state index in [0.29, 0.717) is 19.4 Å². The molecule has 0 saturated heterocycles. The number of carbonyl (C=O) groups excluding carboxylic acids is 2. The van der Waals surface area contributed by atoms with Gasteiger partial charge in [0.2, 0.25) is 0 Å². The van der Waals surface area contributed by atoms with Crippen molar-refractivity contribution in [1.82, 2.24) is 0 Å². The van der Waals surface area contributed by atoms with Gasteiger partial charge in [-0.1, -0.05) is 13.8 Å². The monoisotopic (exact) mass is 172 g/mol. The number of hydrogen-bond acceptors (Lipinski definition) is 3. The lowest BCUT2D eigenvalue weighted by molar-refractivity contribution is -0.151. The summed E-state index contributed by atoms with van der Waals surface area (Å²) in [4.78, 5) is 22.3. The molecule has 0 spiro atoms. The van der Waals surface area contributed by atoms with Crippen LogP contribution in [0.15, 0.2) is 0 Å². The van der Waals surface area contributed by atoms with Crippen LogP contribution < -0.4 is 0 Å². The van der Waals surface area contributed by atoms with Crippen molar-refractivity contribution in [3.63, 3.8) is 0 Å². The van der Waals surface area contributed by atoms with E-state index in [0.717, 1.165) is 0 Å². The van der Waals surface area contributed by atoms with Crippen LogP contribution in [0.5, 0.6) is 0 Å². The molecule has 0 aliphatic rings. The van der Waals surface area contributed by atoms with E-state index in [2.05, 4.69) is 0 Å². The van der Waals surface area contributed by atoms with Crippen molar-refractivity contribution in [3.8, 4) is 0 Å². The van der Waals surface area contributed by atoms with Crippen molar-refractivity contribution >= 4 is 11.8 Å². The number of rotatable bonds is 5. The highest BCUT2D eigenvalue weighted by molar-refractivity contribution is 5.98. The molecule has 0 aliphatic heterocycles. The topological polar surface area (TPSA) is 43.4 Å². The van der Waals surface area contributed by atoms with Crippen LogP contribution >= 0.6 is 0 Å². The summed E-state index contributed by atoms with van der Waals surface area (Å²) in [7, 11) is 0. The van der Waals surface area contributed by atoms with Gasteiger partial charge >= 0.3 is 5.97 Å². The van der Waals surface area contributed by atoms with Gasteiger partial charge in [0.1, 0.15) is 11.7 Å². The Kier molecular flexibility index (Phi) is 5.34. The molecular formula is C9H16O3. The lowest BCUT2D eigenvalue weighted by Crippen LogP contribution is -2.24. The SMILES string of the molecule is CCOC(=O)[C@H](CC)C(=O)CC. The first-order valence-electron chi connectivity index (χ1n) is 4.36. The van der Waals surface area contributed by atoms with Gasteiger partial charge in [-0.05, 0) is 13.3 Å². The quantitative estimate of drug-likeness (QED) is 0.467. The lowest BCUT2D eigenvalue weighted by atomic mass is 10.00. The van der Waals surface area contributed by atoms with Crippen molar-refractivity contribution in [1.29, 1.82) is 0 Å². The van der Waals surface area contributed by atoms with E-state index in [4.69, 9.17) is 4.74 Å². The molecule has 12 heavy (non-hydrogen) atoms. The van der Waals surface area contributed by atoms with Gasteiger partial charge in [0.15, 0.2) is 0 Å². The zero-order valence-corrected chi connectivity index (χ0v) is 7.92. The second-order valence-electron chi connectivity index (χ2n) is 2.53. The summed E-state index contributed by atoms with van der Waals surface area (Å²) in [5.74, 6) is -0.960. The third kappa shape index (κ3) is 3.03. The Morgan fingerprint density at radius 2 is 1.83 bits per heavy atom. The standard InChI is InChI=1S/C9H16O3/c1-4-7(8(10)5-2)9(11)12-6-3/h7H,4-6H2,1-3H3/t7-/m1/s1. The minimum atomic E-state index is -0.546. The molecule has 0 aliphatic carbocycles. The summed E-state index contributed by atoms with van der Waals surface area (Å²) in [5.41, 5.74) is 0. The van der Waals surface area contributed by atoms with Gasteiger partial charge in [-0.15, -0.1) is 0 Å². The van der Waals surface area contributed by atoms with Crippen LogP contribution in [0.4, 0.5) is 0 Å². The van der Waals surface area contributed by atoms with Gasteiger partial charge < -0.3 is 4.74 Å². The van der Waals surface area contributed by atoms with Gasteiger partial charge in [-0.2, -0.15) is 0 Å². The number of ketones is 1. The molecule has 0 N–H and O–H groups in total. The minimum Gasteiger partial charge on any atom is -0.465 e. The largest absolute Gasteiger partial charge is 0.465 e. The Morgan fingerprint density at radius 1 is 1.25 bits per heavy atom. The summed E-state index contributed by atoms with van der Waals surface area (Å²) in [6.07, 6.45) is 0.933. The molecule has 0 bridgehead atoms. The fraction of sp³-hybridized carbons (Fsp3) is 0.778. The molecule has 0 amide bonds. The average molecular weight is 172 g/mol. The first-order valence-corrected chi connectivity index (χ1v) is 4.36. The Morgan fingerprint density at radius 3 is 2.17 bits per heavy atom. The Labute approximate surface area is 73.1 Å². The maximum atomic E-state index is 11.2. The highest BCUT2D eigenvalue weighted by Crippen LogP contribution is 2.08. The van der Waals surface area contributed by atoms with Crippen LogP contribution in [-0.4, -0.2) is 18.4 Å². The van der Waals surface area contributed by atoms with Crippen LogP contribution in [0.2, 0.25) is 0 Å². The highest BCUT2D eigenvalue weighted by atomic mass is 16.5. The summed E-state index contributed by atoms with van der Waals surface area (Å²) in [6, 6.07) is 0. The van der Waals surface area contributed by atoms with Crippen LogP contribution in [-0.2, 0) is 14.3 Å². The van der Waals surface area contributed by atoms with Gasteiger partial charge in [0.05, 0.1) is 6.61 Å². The number of ether oxygens (including phenoxy) is 1. The van der Waals surface area contributed by atoms with Crippen molar-refractivity contribution in [3.05, 3.63) is 0 Å². The molecule has 0 rings (SSSR count). The average Bonchev–Trinajstić information content (AvgIpc) is 2.06. The van der Waals surface area contributed by atoms with Gasteiger partial charge in [-0.3, -0.25) is 9.59 Å². The fourth-order valence-electron chi connectivity index (χ4n) is 1.02. The zero-order chi connectivity index (χ0) is 9.56. The first-order chi connectivity index (χ1) is 5.67. The molecule has 1 atom stereocenters. The predicted octanol–water partition coefficient (Wildman–Crippen LogP) is 1.55. The molecular weight excluding hydrogens is 156 g/mol. The maximum absolute atomic E-state index is 11.2. The van der Waals surface area contributed by atoms with Crippen LogP contribution in [0.1, 0.15) is 33.6 Å². The first kappa shape index (κ1) is 11.1. The van der Waals surface area contributed by atoms with Crippen LogP contribution in [0.3, 0.4) is 0 Å². The van der Waals surface area contributed by atoms with Gasteiger partial charge in [-0.25, -0.2) is 0 Å². The third-order valence-corrected chi connectivity index (χ3v) is 1.72. The molecule has 70 valence electrons.